The van der Waals surface area contributed by atoms with E-state index in [0.717, 1.165) is 69.2 Å². The number of amides is 1. The summed E-state index contributed by atoms with van der Waals surface area (Å²) in [6, 6.07) is 14.4. The van der Waals surface area contributed by atoms with Gasteiger partial charge in [-0.3, -0.25) is 9.69 Å². The van der Waals surface area contributed by atoms with Crippen molar-refractivity contribution in [3.63, 3.8) is 0 Å². The summed E-state index contributed by atoms with van der Waals surface area (Å²) < 4.78 is 5.60. The average Bonchev–Trinajstić information content (AvgIpc) is 3.29. The number of hydrogen-bond donors (Lipinski definition) is 2. The average molecular weight is 462 g/mol. The molecule has 0 aliphatic carbocycles. The third-order valence-electron chi connectivity index (χ3n) is 7.32. The number of H-pyrrole nitrogens is 1. The van der Waals surface area contributed by atoms with Crippen molar-refractivity contribution >= 4 is 28.2 Å². The number of carbonyl (C=O) groups is 1. The van der Waals surface area contributed by atoms with Crippen LogP contribution < -0.4 is 15.0 Å². The van der Waals surface area contributed by atoms with Crippen LogP contribution in [0.5, 0.6) is 5.75 Å². The number of para-hydroxylation sites is 1. The van der Waals surface area contributed by atoms with Gasteiger partial charge in [-0.2, -0.15) is 0 Å². The van der Waals surface area contributed by atoms with Gasteiger partial charge in [0.05, 0.1) is 19.3 Å². The molecule has 7 heteroatoms. The molecule has 0 atom stereocenters. The third-order valence-corrected chi connectivity index (χ3v) is 7.32. The smallest absolute Gasteiger partial charge is 0.238 e. The van der Waals surface area contributed by atoms with Gasteiger partial charge >= 0.3 is 0 Å². The molecule has 0 spiro atoms. The molecule has 1 amide bonds. The number of nitrogens with zero attached hydrogens (tertiary/aromatic N) is 3. The number of aromatic amines is 1. The molecule has 7 nitrogen and oxygen atoms in total. The zero-order chi connectivity index (χ0) is 23.5. The van der Waals surface area contributed by atoms with Crippen LogP contribution in [0, 0.1) is 0 Å². The zero-order valence-corrected chi connectivity index (χ0v) is 20.2. The van der Waals surface area contributed by atoms with Crippen molar-refractivity contribution in [1.29, 1.82) is 0 Å². The Morgan fingerprint density at radius 2 is 1.82 bits per heavy atom. The molecule has 34 heavy (non-hydrogen) atoms. The van der Waals surface area contributed by atoms with Crippen LogP contribution in [0.3, 0.4) is 0 Å². The van der Waals surface area contributed by atoms with Crippen molar-refractivity contribution in [2.45, 2.75) is 18.8 Å². The zero-order valence-electron chi connectivity index (χ0n) is 20.2. The first-order chi connectivity index (χ1) is 16.6. The highest BCUT2D eigenvalue weighted by Gasteiger charge is 2.24. The standard InChI is InChI=1S/C27H35N5O2/c1-30-13-15-32(16-14-30)25-17-21(7-8-26(25)34-2)29-27(33)19-31-11-9-20(10-12-31)23-18-28-24-6-4-3-5-22(23)24/h3-8,17-18,20,28H,9-16,19H2,1-2H3,(H,29,33). The van der Waals surface area contributed by atoms with Crippen LogP contribution in [0.25, 0.3) is 10.9 Å². The molecule has 2 N–H and O–H groups in total. The Morgan fingerprint density at radius 1 is 1.06 bits per heavy atom. The number of hydrogen-bond acceptors (Lipinski definition) is 5. The molecule has 2 saturated heterocycles. The van der Waals surface area contributed by atoms with Crippen LogP contribution >= 0.6 is 0 Å². The van der Waals surface area contributed by atoms with Crippen LogP contribution in [0.2, 0.25) is 0 Å². The highest BCUT2D eigenvalue weighted by atomic mass is 16.5. The van der Waals surface area contributed by atoms with Gasteiger partial charge in [-0.1, -0.05) is 18.2 Å². The Labute approximate surface area is 201 Å². The summed E-state index contributed by atoms with van der Waals surface area (Å²) in [5.41, 5.74) is 4.49. The maximum Gasteiger partial charge on any atom is 0.238 e. The topological polar surface area (TPSA) is 63.8 Å². The molecule has 180 valence electrons. The van der Waals surface area contributed by atoms with E-state index in [2.05, 4.69) is 62.5 Å². The number of likely N-dealkylation sites (N-methyl/N-ethyl adjacent to an activating group) is 1. The van der Waals surface area contributed by atoms with E-state index < -0.39 is 0 Å². The van der Waals surface area contributed by atoms with Gasteiger partial charge in [0.25, 0.3) is 0 Å². The summed E-state index contributed by atoms with van der Waals surface area (Å²) in [6.45, 7) is 6.25. The second-order valence-electron chi connectivity index (χ2n) is 9.57. The molecule has 2 aliphatic heterocycles. The summed E-state index contributed by atoms with van der Waals surface area (Å²) >= 11 is 0. The molecule has 0 radical (unpaired) electrons. The van der Waals surface area contributed by atoms with E-state index in [0.29, 0.717) is 12.5 Å². The fraction of sp³-hybridized carbons (Fsp3) is 0.444. The second-order valence-corrected chi connectivity index (χ2v) is 9.57. The first kappa shape index (κ1) is 22.7. The Hall–Kier alpha value is -3.03. The first-order valence-electron chi connectivity index (χ1n) is 12.3. The maximum atomic E-state index is 12.8. The van der Waals surface area contributed by atoms with Gasteiger partial charge in [0, 0.05) is 49.0 Å². The number of aromatic nitrogens is 1. The van der Waals surface area contributed by atoms with Gasteiger partial charge in [0.15, 0.2) is 0 Å². The fourth-order valence-corrected chi connectivity index (χ4v) is 5.30. The maximum absolute atomic E-state index is 12.8. The quantitative estimate of drug-likeness (QED) is 0.586. The molecule has 0 unspecified atom stereocenters. The molecule has 2 fully saturated rings. The lowest BCUT2D eigenvalue weighted by molar-refractivity contribution is -0.117. The molecule has 0 saturated carbocycles. The highest BCUT2D eigenvalue weighted by Crippen LogP contribution is 2.34. The van der Waals surface area contributed by atoms with Gasteiger partial charge in [0.1, 0.15) is 5.75 Å². The number of piperidine rings is 1. The van der Waals surface area contributed by atoms with E-state index in [1.165, 1.54) is 16.5 Å². The van der Waals surface area contributed by atoms with Gasteiger partial charge in [0.2, 0.25) is 5.91 Å². The Kier molecular flexibility index (Phi) is 6.74. The van der Waals surface area contributed by atoms with Gasteiger partial charge < -0.3 is 24.8 Å². The summed E-state index contributed by atoms with van der Waals surface area (Å²) in [4.78, 5) is 23.2. The van der Waals surface area contributed by atoms with Crippen molar-refractivity contribution in [3.8, 4) is 5.75 Å². The summed E-state index contributed by atoms with van der Waals surface area (Å²) in [5, 5.41) is 4.44. The fourth-order valence-electron chi connectivity index (χ4n) is 5.30. The van der Waals surface area contributed by atoms with Crippen LogP contribution in [-0.4, -0.2) is 80.7 Å². The van der Waals surface area contributed by atoms with Crippen molar-refractivity contribution in [2.75, 3.05) is 70.2 Å². The van der Waals surface area contributed by atoms with Crippen molar-refractivity contribution in [1.82, 2.24) is 14.8 Å². The number of anilines is 2. The molecule has 3 heterocycles. The number of piperazine rings is 1. The molecule has 5 rings (SSSR count). The van der Waals surface area contributed by atoms with Crippen molar-refractivity contribution in [3.05, 3.63) is 54.2 Å². The summed E-state index contributed by atoms with van der Waals surface area (Å²) in [6.07, 6.45) is 4.32. The third kappa shape index (κ3) is 4.91. The van der Waals surface area contributed by atoms with Crippen LogP contribution in [-0.2, 0) is 4.79 Å². The predicted octanol–water partition coefficient (Wildman–Crippen LogP) is 3.75. The van der Waals surface area contributed by atoms with E-state index in [1.54, 1.807) is 7.11 Å². The minimum Gasteiger partial charge on any atom is -0.495 e. The van der Waals surface area contributed by atoms with Crippen molar-refractivity contribution < 1.29 is 9.53 Å². The predicted molar refractivity (Wildman–Crippen MR) is 138 cm³/mol. The SMILES string of the molecule is COc1ccc(NC(=O)CN2CCC(c3c[nH]c4ccccc34)CC2)cc1N1CCN(C)CC1. The highest BCUT2D eigenvalue weighted by molar-refractivity contribution is 5.93. The van der Waals surface area contributed by atoms with E-state index >= 15 is 0 Å². The second kappa shape index (κ2) is 10.1. The number of methoxy groups -OCH3 is 1. The number of nitrogens with one attached hydrogen (secondary N) is 2. The minimum absolute atomic E-state index is 0.0417. The van der Waals surface area contributed by atoms with E-state index in [4.69, 9.17) is 4.74 Å². The first-order valence-corrected chi connectivity index (χ1v) is 12.3. The van der Waals surface area contributed by atoms with Crippen molar-refractivity contribution in [2.24, 2.45) is 0 Å². The Morgan fingerprint density at radius 3 is 2.59 bits per heavy atom. The van der Waals surface area contributed by atoms with Crippen LogP contribution in [0.4, 0.5) is 11.4 Å². The summed E-state index contributed by atoms with van der Waals surface area (Å²) in [5.74, 6) is 1.44. The summed E-state index contributed by atoms with van der Waals surface area (Å²) in [7, 11) is 3.85. The lowest BCUT2D eigenvalue weighted by Crippen LogP contribution is -2.44. The van der Waals surface area contributed by atoms with Crippen LogP contribution in [0.15, 0.2) is 48.7 Å². The lowest BCUT2D eigenvalue weighted by Gasteiger charge is -2.35. The largest absolute Gasteiger partial charge is 0.495 e. The Bertz CT molecular complexity index is 1130. The normalized spacial score (nSPS) is 18.4. The molecule has 3 aromatic rings. The number of fused-ring (bicyclic) bond motifs is 1. The number of benzene rings is 2. The number of carbonyl (C=O) groups excluding carboxylic acids is 1. The van der Waals surface area contributed by atoms with Crippen LogP contribution in [0.1, 0.15) is 24.3 Å². The molecule has 2 aromatic carbocycles. The van der Waals surface area contributed by atoms with E-state index in [9.17, 15) is 4.79 Å². The number of rotatable bonds is 6. The molecule has 1 aromatic heterocycles. The molecule has 2 aliphatic rings. The van der Waals surface area contributed by atoms with Gasteiger partial charge in [-0.25, -0.2) is 0 Å². The van der Waals surface area contributed by atoms with Gasteiger partial charge in [-0.15, -0.1) is 0 Å². The minimum atomic E-state index is 0.0417. The molecule has 0 bridgehead atoms. The lowest BCUT2D eigenvalue weighted by atomic mass is 9.89. The molecular weight excluding hydrogens is 426 g/mol. The van der Waals surface area contributed by atoms with E-state index in [-0.39, 0.29) is 5.91 Å². The number of likely N-dealkylation sites (tertiary alicyclic amines) is 1. The Balaban J connectivity index is 1.17. The monoisotopic (exact) mass is 461 g/mol. The van der Waals surface area contributed by atoms with E-state index in [1.807, 2.05) is 18.2 Å². The van der Waals surface area contributed by atoms with Gasteiger partial charge in [-0.05, 0) is 68.7 Å². The number of ether oxygens (including phenoxy) is 1. The molecular formula is C27H35N5O2.